The lowest BCUT2D eigenvalue weighted by Gasteiger charge is -2.07. The van der Waals surface area contributed by atoms with Gasteiger partial charge in [0.05, 0.1) is 5.69 Å². The van der Waals surface area contributed by atoms with Gasteiger partial charge in [-0.2, -0.15) is 11.0 Å². The Morgan fingerprint density at radius 1 is 1.08 bits per heavy atom. The molecule has 0 aliphatic rings. The van der Waals surface area contributed by atoms with Gasteiger partial charge in [-0.25, -0.2) is 4.58 Å². The van der Waals surface area contributed by atoms with E-state index in [2.05, 4.69) is 16.9 Å². The van der Waals surface area contributed by atoms with Crippen LogP contribution in [0, 0.1) is 5.88 Å². The van der Waals surface area contributed by atoms with Gasteiger partial charge in [0.15, 0.2) is 0 Å². The Labute approximate surface area is 150 Å². The van der Waals surface area contributed by atoms with Crippen molar-refractivity contribution in [3.05, 3.63) is 60.5 Å². The highest BCUT2D eigenvalue weighted by atomic mass is 35.5. The molecule has 0 spiro atoms. The van der Waals surface area contributed by atoms with Crippen LogP contribution in [-0.4, -0.2) is 22.9 Å². The number of phenolic OH excluding ortho intramolecular Hbond substituents is 1. The smallest absolute Gasteiger partial charge is 0.203 e. The Hall–Kier alpha value is -2.92. The van der Waals surface area contributed by atoms with Crippen molar-refractivity contribution >= 4 is 51.8 Å². The van der Waals surface area contributed by atoms with Crippen molar-refractivity contribution in [1.29, 1.82) is 0 Å². The number of benzene rings is 3. The van der Waals surface area contributed by atoms with Crippen LogP contribution in [0.2, 0.25) is 0 Å². The molecule has 0 aliphatic heterocycles. The topological polar surface area (TPSA) is 74.0 Å². The van der Waals surface area contributed by atoms with Crippen molar-refractivity contribution < 1.29 is 9.68 Å². The molecule has 126 valence electrons. The predicted molar refractivity (Wildman–Crippen MR) is 103 cm³/mol. The fourth-order valence-corrected chi connectivity index (χ4v) is 2.59. The molecule has 0 saturated carbocycles. The molecule has 0 bridgehead atoms. The Morgan fingerprint density at radius 3 is 2.52 bits per heavy atom. The van der Waals surface area contributed by atoms with Crippen molar-refractivity contribution in [3.8, 4) is 5.75 Å². The summed E-state index contributed by atoms with van der Waals surface area (Å²) >= 11 is 5.66. The highest BCUT2D eigenvalue weighted by Crippen LogP contribution is 2.37. The predicted octanol–water partition coefficient (Wildman–Crippen LogP) is 5.29. The van der Waals surface area contributed by atoms with E-state index in [1.165, 1.54) is 5.88 Å². The molecule has 0 amide bonds. The summed E-state index contributed by atoms with van der Waals surface area (Å²) < 4.78 is 1.75. The molecular weight excluding hydrogens is 336 g/mol. The third-order valence-corrected chi connectivity index (χ3v) is 3.91. The van der Waals surface area contributed by atoms with Crippen LogP contribution in [0.3, 0.4) is 0 Å². The Balaban J connectivity index is 2.06. The highest BCUT2D eigenvalue weighted by Gasteiger charge is 2.11. The second kappa shape index (κ2) is 7.32. The minimum atomic E-state index is 0.0587. The number of fused-ring (bicyclic) bond motifs is 1. The number of hydrogen-bond donors (Lipinski definition) is 2. The van der Waals surface area contributed by atoms with Crippen molar-refractivity contribution in [1.82, 2.24) is 0 Å². The zero-order valence-electron chi connectivity index (χ0n) is 13.4. The van der Waals surface area contributed by atoms with Gasteiger partial charge in [-0.15, -0.1) is 5.11 Å². The number of nitrogens with two attached hydrogens (primary N) is 1. The summed E-state index contributed by atoms with van der Waals surface area (Å²) in [6, 6.07) is 16.2. The van der Waals surface area contributed by atoms with Gasteiger partial charge in [0.1, 0.15) is 18.2 Å². The van der Waals surface area contributed by atoms with E-state index in [0.29, 0.717) is 23.6 Å². The monoisotopic (exact) mass is 352 g/mol. The number of nitrogen functional groups attached to an aromatic ring is 1. The maximum Gasteiger partial charge on any atom is 0.203 e. The van der Waals surface area contributed by atoms with Gasteiger partial charge >= 0.3 is 0 Å². The third kappa shape index (κ3) is 3.78. The van der Waals surface area contributed by atoms with Crippen LogP contribution < -0.4 is 5.73 Å². The van der Waals surface area contributed by atoms with E-state index in [1.54, 1.807) is 34.9 Å². The van der Waals surface area contributed by atoms with E-state index in [-0.39, 0.29) is 5.75 Å². The number of rotatable bonds is 5. The van der Waals surface area contributed by atoms with Gasteiger partial charge in [0, 0.05) is 29.8 Å². The SMILES string of the molecule is C=[N+](C[CH-]Cl)c1ccc2ccc(O)c(N=Nc3ccc(N)cc3)c2c1. The molecule has 3 N–H and O–H groups in total. The molecule has 0 radical (unpaired) electrons. The summed E-state index contributed by atoms with van der Waals surface area (Å²) in [7, 11) is 0. The van der Waals surface area contributed by atoms with E-state index in [0.717, 1.165) is 16.5 Å². The van der Waals surface area contributed by atoms with Crippen molar-refractivity contribution in [2.24, 2.45) is 10.2 Å². The number of hydrogen-bond acceptors (Lipinski definition) is 4. The standard InChI is InChI=1S/C19H17ClN4O/c1-24(11-10-20)16-8-2-13-3-9-18(25)19(17(13)12-16)23-22-15-6-4-14(21)5-7-15/h2-10,12,25H,1,11,21H2. The quantitative estimate of drug-likeness (QED) is 0.215. The third-order valence-electron chi connectivity index (χ3n) is 3.77. The average Bonchev–Trinajstić information content (AvgIpc) is 2.62. The van der Waals surface area contributed by atoms with Gasteiger partial charge in [-0.05, 0) is 41.8 Å². The first kappa shape index (κ1) is 16.9. The molecule has 0 atom stereocenters. The lowest BCUT2D eigenvalue weighted by atomic mass is 10.1. The largest absolute Gasteiger partial charge is 0.506 e. The maximum atomic E-state index is 10.2. The summed E-state index contributed by atoms with van der Waals surface area (Å²) in [5, 5.41) is 20.4. The first-order valence-electron chi connectivity index (χ1n) is 7.61. The molecule has 3 aromatic carbocycles. The van der Waals surface area contributed by atoms with E-state index in [9.17, 15) is 5.11 Å². The average molecular weight is 353 g/mol. The summed E-state index contributed by atoms with van der Waals surface area (Å²) in [4.78, 5) is 0. The lowest BCUT2D eigenvalue weighted by molar-refractivity contribution is -0.420. The molecule has 0 aromatic heterocycles. The zero-order valence-corrected chi connectivity index (χ0v) is 14.2. The molecule has 0 saturated heterocycles. The van der Waals surface area contributed by atoms with E-state index < -0.39 is 0 Å². The number of nitrogens with zero attached hydrogens (tertiary/aromatic N) is 3. The normalized spacial score (nSPS) is 11.2. The molecule has 6 heteroatoms. The summed E-state index contributed by atoms with van der Waals surface area (Å²) in [5.41, 5.74) is 8.24. The van der Waals surface area contributed by atoms with Gasteiger partial charge in [0.25, 0.3) is 0 Å². The van der Waals surface area contributed by atoms with Crippen molar-refractivity contribution in [3.63, 3.8) is 0 Å². The van der Waals surface area contributed by atoms with E-state index >= 15 is 0 Å². The fourth-order valence-electron chi connectivity index (χ4n) is 2.42. The molecule has 5 nitrogen and oxygen atoms in total. The lowest BCUT2D eigenvalue weighted by Crippen LogP contribution is -2.02. The van der Waals surface area contributed by atoms with Crippen LogP contribution in [0.4, 0.5) is 22.7 Å². The molecule has 0 fully saturated rings. The number of anilines is 1. The minimum Gasteiger partial charge on any atom is -0.506 e. The van der Waals surface area contributed by atoms with Crippen LogP contribution in [0.1, 0.15) is 0 Å². The second-order valence-corrected chi connectivity index (χ2v) is 5.82. The summed E-state index contributed by atoms with van der Waals surface area (Å²) in [6.07, 6.45) is 0. The number of phenols is 1. The van der Waals surface area contributed by atoms with E-state index in [4.69, 9.17) is 17.3 Å². The first-order chi connectivity index (χ1) is 12.1. The molecule has 3 aromatic rings. The molecule has 25 heavy (non-hydrogen) atoms. The Bertz CT molecular complexity index is 952. The second-order valence-electron chi connectivity index (χ2n) is 5.51. The maximum absolute atomic E-state index is 10.2. The summed E-state index contributed by atoms with van der Waals surface area (Å²) in [5.74, 6) is 1.56. The Kier molecular flexibility index (Phi) is 4.95. The molecule has 0 unspecified atom stereocenters. The molecule has 0 aliphatic carbocycles. The highest BCUT2D eigenvalue weighted by molar-refractivity contribution is 6.23. The van der Waals surface area contributed by atoms with Gasteiger partial charge in [0.2, 0.25) is 5.69 Å². The van der Waals surface area contributed by atoms with Gasteiger partial charge < -0.3 is 22.4 Å². The Morgan fingerprint density at radius 2 is 1.80 bits per heavy atom. The first-order valence-corrected chi connectivity index (χ1v) is 8.05. The van der Waals surface area contributed by atoms with Crippen LogP contribution in [-0.2, 0) is 0 Å². The van der Waals surface area contributed by atoms with E-state index in [1.807, 2.05) is 24.3 Å². The van der Waals surface area contributed by atoms with Crippen molar-refractivity contribution in [2.75, 3.05) is 12.3 Å². The number of azo groups is 1. The fraction of sp³-hybridized carbons (Fsp3) is 0.0526. The molecular formula is C19H17ClN4O. The number of halogens is 1. The molecule has 3 rings (SSSR count). The van der Waals surface area contributed by atoms with Crippen molar-refractivity contribution in [2.45, 2.75) is 0 Å². The van der Waals surface area contributed by atoms with Gasteiger partial charge in [-0.1, -0.05) is 6.07 Å². The van der Waals surface area contributed by atoms with Crippen LogP contribution in [0.15, 0.2) is 64.8 Å². The van der Waals surface area contributed by atoms with Crippen LogP contribution in [0.5, 0.6) is 5.75 Å². The van der Waals surface area contributed by atoms with Crippen LogP contribution in [0.25, 0.3) is 10.8 Å². The number of aromatic hydroxyl groups is 1. The molecule has 0 heterocycles. The summed E-state index contributed by atoms with van der Waals surface area (Å²) in [6.45, 7) is 4.44. The van der Waals surface area contributed by atoms with Crippen LogP contribution >= 0.6 is 11.6 Å². The van der Waals surface area contributed by atoms with Gasteiger partial charge in [-0.3, -0.25) is 0 Å². The minimum absolute atomic E-state index is 0.0587. The zero-order chi connectivity index (χ0) is 17.8.